The fourth-order valence-electron chi connectivity index (χ4n) is 0.368. The lowest BCUT2D eigenvalue weighted by Gasteiger charge is -1.88. The highest BCUT2D eigenvalue weighted by atomic mass is 16.3. The lowest BCUT2D eigenvalue weighted by molar-refractivity contribution is 0.244. The topological polar surface area (TPSA) is 20.2 Å². The van der Waals surface area contributed by atoms with Crippen molar-refractivity contribution in [3.63, 3.8) is 0 Å². The summed E-state index contributed by atoms with van der Waals surface area (Å²) in [7, 11) is 0. The summed E-state index contributed by atoms with van der Waals surface area (Å²) < 4.78 is 0. The SMILES string of the molecule is C=CC=CC=CC(C)O. The first-order valence-corrected chi connectivity index (χ1v) is 2.91. The van der Waals surface area contributed by atoms with Gasteiger partial charge in [0.05, 0.1) is 6.10 Å². The first-order chi connectivity index (χ1) is 4.27. The summed E-state index contributed by atoms with van der Waals surface area (Å²) in [6.07, 6.45) is 8.43. The maximum absolute atomic E-state index is 8.71. The Hall–Kier alpha value is -0.820. The van der Waals surface area contributed by atoms with Crippen molar-refractivity contribution in [3.8, 4) is 0 Å². The summed E-state index contributed by atoms with van der Waals surface area (Å²) in [4.78, 5) is 0. The van der Waals surface area contributed by atoms with E-state index < -0.39 is 0 Å². The van der Waals surface area contributed by atoms with Gasteiger partial charge in [0, 0.05) is 0 Å². The van der Waals surface area contributed by atoms with E-state index in [1.54, 1.807) is 31.2 Å². The van der Waals surface area contributed by atoms with Crippen LogP contribution in [0.5, 0.6) is 0 Å². The van der Waals surface area contributed by atoms with Gasteiger partial charge in [-0.3, -0.25) is 0 Å². The Bertz CT molecular complexity index is 121. The molecule has 1 atom stereocenters. The van der Waals surface area contributed by atoms with Gasteiger partial charge in [0.1, 0.15) is 0 Å². The largest absolute Gasteiger partial charge is 0.389 e. The number of hydrogen-bond donors (Lipinski definition) is 1. The van der Waals surface area contributed by atoms with E-state index in [-0.39, 0.29) is 6.10 Å². The zero-order valence-electron chi connectivity index (χ0n) is 5.62. The van der Waals surface area contributed by atoms with Crippen LogP contribution in [-0.4, -0.2) is 11.2 Å². The van der Waals surface area contributed by atoms with Crippen LogP contribution in [0.3, 0.4) is 0 Å². The molecule has 1 unspecified atom stereocenters. The Labute approximate surface area is 56.0 Å². The molecule has 0 fully saturated rings. The molecular weight excluding hydrogens is 112 g/mol. The molecule has 1 heteroatoms. The summed E-state index contributed by atoms with van der Waals surface area (Å²) in [6, 6.07) is 0. The average molecular weight is 124 g/mol. The molecule has 1 N–H and O–H groups in total. The molecule has 0 bridgehead atoms. The molecule has 1 nitrogen and oxygen atoms in total. The molecule has 0 heterocycles. The molecule has 0 rings (SSSR count). The highest BCUT2D eigenvalue weighted by molar-refractivity contribution is 5.09. The Kier molecular flexibility index (Phi) is 4.83. The molecule has 0 aromatic carbocycles. The second kappa shape index (κ2) is 5.32. The van der Waals surface area contributed by atoms with E-state index in [0.717, 1.165) is 0 Å². The van der Waals surface area contributed by atoms with E-state index in [4.69, 9.17) is 5.11 Å². The van der Waals surface area contributed by atoms with Crippen LogP contribution in [0.4, 0.5) is 0 Å². The third-order valence-electron chi connectivity index (χ3n) is 0.748. The predicted molar refractivity (Wildman–Crippen MR) is 40.2 cm³/mol. The Morgan fingerprint density at radius 1 is 1.33 bits per heavy atom. The monoisotopic (exact) mass is 124 g/mol. The Morgan fingerprint density at radius 3 is 2.44 bits per heavy atom. The van der Waals surface area contributed by atoms with Crippen LogP contribution in [0.2, 0.25) is 0 Å². The van der Waals surface area contributed by atoms with E-state index >= 15 is 0 Å². The Balaban J connectivity index is 3.46. The summed E-state index contributed by atoms with van der Waals surface area (Å²) in [5.41, 5.74) is 0. The molecule has 0 saturated carbocycles. The van der Waals surface area contributed by atoms with Crippen molar-refractivity contribution in [2.24, 2.45) is 0 Å². The van der Waals surface area contributed by atoms with Crippen molar-refractivity contribution in [1.82, 2.24) is 0 Å². The predicted octanol–water partition coefficient (Wildman–Crippen LogP) is 1.67. The van der Waals surface area contributed by atoms with Crippen molar-refractivity contribution in [3.05, 3.63) is 37.0 Å². The van der Waals surface area contributed by atoms with Gasteiger partial charge in [-0.15, -0.1) is 0 Å². The number of hydrogen-bond acceptors (Lipinski definition) is 1. The van der Waals surface area contributed by atoms with Crippen LogP contribution in [0.1, 0.15) is 6.92 Å². The third kappa shape index (κ3) is 7.18. The number of allylic oxidation sites excluding steroid dienone is 4. The molecule has 0 radical (unpaired) electrons. The highest BCUT2D eigenvalue weighted by Crippen LogP contribution is 1.83. The van der Waals surface area contributed by atoms with Gasteiger partial charge < -0.3 is 5.11 Å². The van der Waals surface area contributed by atoms with E-state index in [0.29, 0.717) is 0 Å². The number of aliphatic hydroxyl groups excluding tert-OH is 1. The van der Waals surface area contributed by atoms with Gasteiger partial charge in [0.25, 0.3) is 0 Å². The van der Waals surface area contributed by atoms with Crippen LogP contribution in [0.15, 0.2) is 37.0 Å². The fourth-order valence-corrected chi connectivity index (χ4v) is 0.368. The summed E-state index contributed by atoms with van der Waals surface area (Å²) >= 11 is 0. The van der Waals surface area contributed by atoms with Gasteiger partial charge in [-0.05, 0) is 6.92 Å². The molecule has 0 amide bonds. The molecule has 50 valence electrons. The first kappa shape index (κ1) is 8.18. The van der Waals surface area contributed by atoms with Crippen LogP contribution in [0.25, 0.3) is 0 Å². The second-order valence-corrected chi connectivity index (χ2v) is 1.75. The summed E-state index contributed by atoms with van der Waals surface area (Å²) in [5, 5.41) is 8.71. The van der Waals surface area contributed by atoms with Gasteiger partial charge >= 0.3 is 0 Å². The minimum Gasteiger partial charge on any atom is -0.389 e. The number of aliphatic hydroxyl groups is 1. The summed E-state index contributed by atoms with van der Waals surface area (Å²) in [5.74, 6) is 0. The van der Waals surface area contributed by atoms with Crippen molar-refractivity contribution >= 4 is 0 Å². The van der Waals surface area contributed by atoms with Crippen molar-refractivity contribution < 1.29 is 5.11 Å². The first-order valence-electron chi connectivity index (χ1n) is 2.91. The average Bonchev–Trinajstić information content (AvgIpc) is 1.80. The molecule has 0 saturated heterocycles. The van der Waals surface area contributed by atoms with Gasteiger partial charge in [-0.2, -0.15) is 0 Å². The molecule has 0 aromatic heterocycles. The molecule has 0 spiro atoms. The van der Waals surface area contributed by atoms with E-state index in [1.165, 1.54) is 0 Å². The number of rotatable bonds is 3. The third-order valence-corrected chi connectivity index (χ3v) is 0.748. The van der Waals surface area contributed by atoms with Crippen LogP contribution in [0, 0.1) is 0 Å². The molecule has 0 aliphatic carbocycles. The zero-order chi connectivity index (χ0) is 7.11. The minimum atomic E-state index is -0.362. The van der Waals surface area contributed by atoms with Gasteiger partial charge in [-0.25, -0.2) is 0 Å². The lowest BCUT2D eigenvalue weighted by Crippen LogP contribution is -1.90. The van der Waals surface area contributed by atoms with Crippen LogP contribution in [-0.2, 0) is 0 Å². The van der Waals surface area contributed by atoms with Crippen LogP contribution >= 0.6 is 0 Å². The van der Waals surface area contributed by atoms with E-state index in [2.05, 4.69) is 6.58 Å². The van der Waals surface area contributed by atoms with Gasteiger partial charge in [0.15, 0.2) is 0 Å². The highest BCUT2D eigenvalue weighted by Gasteiger charge is 1.79. The van der Waals surface area contributed by atoms with E-state index in [1.807, 2.05) is 6.08 Å². The van der Waals surface area contributed by atoms with Crippen molar-refractivity contribution in [2.75, 3.05) is 0 Å². The standard InChI is InChI=1S/C8H12O/c1-3-4-5-6-7-8(2)9/h3-9H,1H2,2H3. The Morgan fingerprint density at radius 2 is 2.00 bits per heavy atom. The normalized spacial score (nSPS) is 14.9. The van der Waals surface area contributed by atoms with E-state index in [9.17, 15) is 0 Å². The van der Waals surface area contributed by atoms with Crippen molar-refractivity contribution in [2.45, 2.75) is 13.0 Å². The smallest absolute Gasteiger partial charge is 0.0695 e. The van der Waals surface area contributed by atoms with Crippen molar-refractivity contribution in [1.29, 1.82) is 0 Å². The second-order valence-electron chi connectivity index (χ2n) is 1.75. The molecular formula is C8H12O. The molecule has 0 aliphatic rings. The fraction of sp³-hybridized carbons (Fsp3) is 0.250. The molecule has 0 aliphatic heterocycles. The lowest BCUT2D eigenvalue weighted by atomic mass is 10.3. The molecule has 0 aromatic rings. The molecule has 9 heavy (non-hydrogen) atoms. The zero-order valence-corrected chi connectivity index (χ0v) is 5.62. The minimum absolute atomic E-state index is 0.362. The van der Waals surface area contributed by atoms with Gasteiger partial charge in [-0.1, -0.05) is 37.0 Å². The maximum atomic E-state index is 8.71. The quantitative estimate of drug-likeness (QED) is 0.567. The van der Waals surface area contributed by atoms with Gasteiger partial charge in [0.2, 0.25) is 0 Å². The van der Waals surface area contributed by atoms with Crippen LogP contribution < -0.4 is 0 Å². The summed E-state index contributed by atoms with van der Waals surface area (Å²) in [6.45, 7) is 5.20. The maximum Gasteiger partial charge on any atom is 0.0695 e.